The largest absolute Gasteiger partial charge is 0.374 e. The highest BCUT2D eigenvalue weighted by Gasteiger charge is 2.24. The summed E-state index contributed by atoms with van der Waals surface area (Å²) in [4.78, 5) is 12.6. The quantitative estimate of drug-likeness (QED) is 0.815. The van der Waals surface area contributed by atoms with E-state index in [-0.39, 0.29) is 5.91 Å². The van der Waals surface area contributed by atoms with Gasteiger partial charge >= 0.3 is 0 Å². The lowest BCUT2D eigenvalue weighted by Gasteiger charge is -2.26. The normalized spacial score (nSPS) is 22.3. The fourth-order valence-corrected chi connectivity index (χ4v) is 4.24. The van der Waals surface area contributed by atoms with Crippen molar-refractivity contribution in [1.82, 2.24) is 5.16 Å². The Labute approximate surface area is 160 Å². The van der Waals surface area contributed by atoms with E-state index in [1.807, 2.05) is 24.3 Å². The van der Waals surface area contributed by atoms with Crippen molar-refractivity contribution >= 4 is 11.6 Å². The van der Waals surface area contributed by atoms with Gasteiger partial charge in [0.05, 0.1) is 12.7 Å². The maximum atomic E-state index is 12.6. The maximum Gasteiger partial charge on any atom is 0.278 e. The highest BCUT2D eigenvalue weighted by molar-refractivity contribution is 6.04. The number of amides is 1. The fraction of sp³-hybridized carbons (Fsp3) is 0.545. The first kappa shape index (κ1) is 18.2. The molecule has 4 rings (SSSR count). The lowest BCUT2D eigenvalue weighted by Crippen LogP contribution is -2.21. The number of aromatic nitrogens is 1. The first-order valence-corrected chi connectivity index (χ1v) is 10.2. The van der Waals surface area contributed by atoms with Crippen molar-refractivity contribution < 1.29 is 14.1 Å². The lowest BCUT2D eigenvalue weighted by atomic mass is 9.89. The van der Waals surface area contributed by atoms with Crippen molar-refractivity contribution in [3.63, 3.8) is 0 Å². The van der Waals surface area contributed by atoms with Crippen molar-refractivity contribution in [3.8, 4) is 0 Å². The molecule has 1 heterocycles. The van der Waals surface area contributed by atoms with Crippen molar-refractivity contribution in [2.45, 2.75) is 71.0 Å². The number of carbonyl (C=O) groups is 1. The second-order valence-electron chi connectivity index (χ2n) is 8.00. The zero-order chi connectivity index (χ0) is 18.6. The van der Waals surface area contributed by atoms with Gasteiger partial charge in [-0.3, -0.25) is 4.79 Å². The van der Waals surface area contributed by atoms with Crippen LogP contribution in [-0.4, -0.2) is 17.2 Å². The molecule has 0 aliphatic heterocycles. The molecule has 1 saturated carbocycles. The van der Waals surface area contributed by atoms with Crippen LogP contribution in [0.15, 0.2) is 28.8 Å². The predicted octanol–water partition coefficient (Wildman–Crippen LogP) is 4.90. The van der Waals surface area contributed by atoms with Crippen LogP contribution in [-0.2, 0) is 24.2 Å². The van der Waals surface area contributed by atoms with E-state index >= 15 is 0 Å². The van der Waals surface area contributed by atoms with Crippen LogP contribution in [0.5, 0.6) is 0 Å². The molecule has 1 fully saturated rings. The summed E-state index contributed by atoms with van der Waals surface area (Å²) < 4.78 is 11.5. The number of nitrogens with zero attached hydrogens (tertiary/aromatic N) is 1. The molecule has 1 N–H and O–H groups in total. The molecule has 0 unspecified atom stereocenters. The molecule has 2 aromatic rings. The Balaban J connectivity index is 1.37. The number of carbonyl (C=O) groups excluding carboxylic acids is 1. The minimum atomic E-state index is -0.193. The summed E-state index contributed by atoms with van der Waals surface area (Å²) >= 11 is 0. The van der Waals surface area contributed by atoms with Crippen molar-refractivity contribution in [2.75, 3.05) is 5.32 Å². The van der Waals surface area contributed by atoms with E-state index in [2.05, 4.69) is 17.4 Å². The molecule has 2 atom stereocenters. The molecule has 2 aliphatic rings. The number of benzene rings is 1. The van der Waals surface area contributed by atoms with Crippen LogP contribution in [0.25, 0.3) is 0 Å². The highest BCUT2D eigenvalue weighted by Crippen LogP contribution is 2.27. The summed E-state index contributed by atoms with van der Waals surface area (Å²) in [5.74, 6) is 1.43. The molecule has 27 heavy (non-hydrogen) atoms. The van der Waals surface area contributed by atoms with Crippen LogP contribution >= 0.6 is 0 Å². The summed E-state index contributed by atoms with van der Waals surface area (Å²) in [6, 6.07) is 7.88. The molecule has 0 spiro atoms. The number of hydrogen-bond donors (Lipinski definition) is 1. The third kappa shape index (κ3) is 4.41. The van der Waals surface area contributed by atoms with Crippen LogP contribution in [0.1, 0.15) is 72.8 Å². The molecule has 1 aromatic heterocycles. The van der Waals surface area contributed by atoms with Gasteiger partial charge in [-0.25, -0.2) is 0 Å². The number of anilines is 1. The number of ether oxygens (including phenoxy) is 1. The third-order valence-electron chi connectivity index (χ3n) is 5.72. The van der Waals surface area contributed by atoms with E-state index in [0.29, 0.717) is 18.4 Å². The molecule has 0 bridgehead atoms. The molecule has 0 saturated heterocycles. The van der Waals surface area contributed by atoms with Gasteiger partial charge in [0.1, 0.15) is 5.76 Å². The fourth-order valence-electron chi connectivity index (χ4n) is 4.24. The Hall–Kier alpha value is -2.14. The van der Waals surface area contributed by atoms with Crippen LogP contribution in [0, 0.1) is 5.92 Å². The van der Waals surface area contributed by atoms with Crippen molar-refractivity contribution in [3.05, 3.63) is 46.8 Å². The third-order valence-corrected chi connectivity index (χ3v) is 5.72. The Morgan fingerprint density at radius 1 is 1.26 bits per heavy atom. The van der Waals surface area contributed by atoms with Crippen LogP contribution in [0.4, 0.5) is 5.69 Å². The summed E-state index contributed by atoms with van der Waals surface area (Å²) in [5.41, 5.74) is 3.26. The Morgan fingerprint density at radius 3 is 3.04 bits per heavy atom. The second-order valence-corrected chi connectivity index (χ2v) is 8.00. The van der Waals surface area contributed by atoms with Gasteiger partial charge in [-0.15, -0.1) is 0 Å². The second kappa shape index (κ2) is 8.26. The van der Waals surface area contributed by atoms with Gasteiger partial charge in [0.2, 0.25) is 0 Å². The van der Waals surface area contributed by atoms with Gasteiger partial charge < -0.3 is 14.6 Å². The molecule has 144 valence electrons. The van der Waals surface area contributed by atoms with Gasteiger partial charge in [-0.05, 0) is 55.7 Å². The Kier molecular flexibility index (Phi) is 5.58. The van der Waals surface area contributed by atoms with Gasteiger partial charge in [-0.2, -0.15) is 0 Å². The summed E-state index contributed by atoms with van der Waals surface area (Å²) in [7, 11) is 0. The summed E-state index contributed by atoms with van der Waals surface area (Å²) in [6.45, 7) is 2.88. The number of fused-ring (bicyclic) bond motifs is 1. The highest BCUT2D eigenvalue weighted by atomic mass is 16.5. The maximum absolute atomic E-state index is 12.6. The van der Waals surface area contributed by atoms with Gasteiger partial charge in [0.25, 0.3) is 5.91 Å². The predicted molar refractivity (Wildman–Crippen MR) is 104 cm³/mol. The summed E-state index contributed by atoms with van der Waals surface area (Å²) in [6.07, 6.45) is 9.15. The number of hydrogen-bond acceptors (Lipinski definition) is 4. The molecule has 5 nitrogen and oxygen atoms in total. The zero-order valence-corrected chi connectivity index (χ0v) is 16.0. The molecular formula is C22H28N2O3. The summed E-state index contributed by atoms with van der Waals surface area (Å²) in [5, 5.41) is 6.97. The molecular weight excluding hydrogens is 340 g/mol. The molecule has 2 aliphatic carbocycles. The van der Waals surface area contributed by atoms with E-state index in [9.17, 15) is 4.79 Å². The topological polar surface area (TPSA) is 64.4 Å². The standard InChI is InChI=1S/C22H28N2O3/c1-15-6-4-9-18(12-15)26-14-16-7-5-8-17(13-16)23-22(25)21-19-10-2-3-11-20(19)27-24-21/h5,7-8,13,15,18H,2-4,6,9-12,14H2,1H3,(H,23,25)/t15-,18+/m0/s1. The van der Waals surface area contributed by atoms with E-state index < -0.39 is 0 Å². The molecule has 5 heteroatoms. The number of nitrogens with one attached hydrogen (secondary N) is 1. The number of aryl methyl sites for hydroxylation is 1. The van der Waals surface area contributed by atoms with E-state index in [0.717, 1.165) is 67.0 Å². The van der Waals surface area contributed by atoms with Crippen LogP contribution in [0.2, 0.25) is 0 Å². The monoisotopic (exact) mass is 368 g/mol. The van der Waals surface area contributed by atoms with Gasteiger partial charge in [0, 0.05) is 17.7 Å². The Bertz CT molecular complexity index is 799. The van der Waals surface area contributed by atoms with Crippen molar-refractivity contribution in [1.29, 1.82) is 0 Å². The minimum Gasteiger partial charge on any atom is -0.374 e. The Morgan fingerprint density at radius 2 is 2.15 bits per heavy atom. The average Bonchev–Trinajstić information content (AvgIpc) is 3.11. The zero-order valence-electron chi connectivity index (χ0n) is 16.0. The lowest BCUT2D eigenvalue weighted by molar-refractivity contribution is 0.00468. The van der Waals surface area contributed by atoms with E-state index in [1.54, 1.807) is 0 Å². The first-order chi connectivity index (χ1) is 13.2. The van der Waals surface area contributed by atoms with E-state index in [4.69, 9.17) is 9.26 Å². The van der Waals surface area contributed by atoms with Crippen LogP contribution in [0.3, 0.4) is 0 Å². The molecule has 0 radical (unpaired) electrons. The van der Waals surface area contributed by atoms with Gasteiger partial charge in [-0.1, -0.05) is 37.1 Å². The SMILES string of the molecule is C[C@H]1CCC[C@@H](OCc2cccc(NC(=O)c3noc4c3CCCC4)c2)C1. The van der Waals surface area contributed by atoms with Crippen LogP contribution < -0.4 is 5.32 Å². The van der Waals surface area contributed by atoms with E-state index in [1.165, 1.54) is 12.8 Å². The minimum absolute atomic E-state index is 0.193. The van der Waals surface area contributed by atoms with Gasteiger partial charge in [0.15, 0.2) is 5.69 Å². The number of rotatable bonds is 5. The first-order valence-electron chi connectivity index (χ1n) is 10.2. The average molecular weight is 368 g/mol. The molecule has 1 aromatic carbocycles. The molecule has 1 amide bonds. The van der Waals surface area contributed by atoms with Crippen molar-refractivity contribution in [2.24, 2.45) is 5.92 Å². The smallest absolute Gasteiger partial charge is 0.278 e.